The Balaban J connectivity index is 0.00000243. The summed E-state index contributed by atoms with van der Waals surface area (Å²) >= 11 is 6.24. The Bertz CT molecular complexity index is 814. The molecule has 3 rings (SSSR count). The number of amides is 1. The first kappa shape index (κ1) is 20.5. The number of nitrogens with one attached hydrogen (secondary N) is 2. The zero-order valence-corrected chi connectivity index (χ0v) is 16.6. The van der Waals surface area contributed by atoms with Crippen molar-refractivity contribution in [3.8, 4) is 0 Å². The molecule has 2 N–H and O–H groups in total. The van der Waals surface area contributed by atoms with E-state index in [0.717, 1.165) is 36.5 Å². The van der Waals surface area contributed by atoms with Gasteiger partial charge in [0.15, 0.2) is 0 Å². The van der Waals surface area contributed by atoms with Crippen LogP contribution in [0.25, 0.3) is 0 Å². The summed E-state index contributed by atoms with van der Waals surface area (Å²) in [5.41, 5.74) is 4.50. The van der Waals surface area contributed by atoms with E-state index in [0.29, 0.717) is 23.7 Å². The Labute approximate surface area is 165 Å². The summed E-state index contributed by atoms with van der Waals surface area (Å²) in [5.74, 6) is -0.0696. The summed E-state index contributed by atoms with van der Waals surface area (Å²) in [6.45, 7) is 6.78. The van der Waals surface area contributed by atoms with Gasteiger partial charge >= 0.3 is 0 Å². The number of halogens is 2. The molecule has 26 heavy (non-hydrogen) atoms. The smallest absolute Gasteiger partial charge is 0.255 e. The van der Waals surface area contributed by atoms with Crippen LogP contribution < -0.4 is 10.6 Å². The Morgan fingerprint density at radius 3 is 2.81 bits per heavy atom. The van der Waals surface area contributed by atoms with E-state index in [-0.39, 0.29) is 18.3 Å². The molecule has 0 unspecified atom stereocenters. The highest BCUT2D eigenvalue weighted by molar-refractivity contribution is 6.31. The topological polar surface area (TPSA) is 59.0 Å². The van der Waals surface area contributed by atoms with Crippen molar-refractivity contribution in [2.75, 3.05) is 19.6 Å². The van der Waals surface area contributed by atoms with Crippen LogP contribution in [0.4, 0.5) is 0 Å². The lowest BCUT2D eigenvalue weighted by Gasteiger charge is -2.14. The van der Waals surface area contributed by atoms with E-state index < -0.39 is 0 Å². The minimum absolute atomic E-state index is 0. The van der Waals surface area contributed by atoms with Crippen molar-refractivity contribution in [3.05, 3.63) is 63.5 Å². The average Bonchev–Trinajstić information content (AvgIpc) is 2.89. The van der Waals surface area contributed by atoms with Gasteiger partial charge in [-0.3, -0.25) is 9.48 Å². The number of aromatic nitrogens is 2. The largest absolute Gasteiger partial charge is 0.348 e. The number of benzene rings is 1. The summed E-state index contributed by atoms with van der Waals surface area (Å²) < 4.78 is 1.84. The fourth-order valence-electron chi connectivity index (χ4n) is 3.08. The van der Waals surface area contributed by atoms with Crippen molar-refractivity contribution in [3.63, 3.8) is 0 Å². The highest BCUT2D eigenvalue weighted by Crippen LogP contribution is 2.19. The van der Waals surface area contributed by atoms with E-state index in [1.807, 2.05) is 42.8 Å². The highest BCUT2D eigenvalue weighted by atomic mass is 35.5. The lowest BCUT2D eigenvalue weighted by atomic mass is 10.1. The zero-order chi connectivity index (χ0) is 17.8. The van der Waals surface area contributed by atoms with Gasteiger partial charge in [-0.15, -0.1) is 12.4 Å². The van der Waals surface area contributed by atoms with E-state index in [1.54, 1.807) is 0 Å². The van der Waals surface area contributed by atoms with Gasteiger partial charge in [0.2, 0.25) is 0 Å². The molecular weight excluding hydrogens is 371 g/mol. The SMILES string of the molecule is Cc1nn(Cc2ccccc2Cl)c(C)c1C(=O)NCC1=CCNCC1.Cl. The second kappa shape index (κ2) is 9.21. The molecular formula is C19H24Cl2N4O. The van der Waals surface area contributed by atoms with Gasteiger partial charge in [-0.05, 0) is 38.4 Å². The maximum absolute atomic E-state index is 12.6. The van der Waals surface area contributed by atoms with Crippen LogP contribution in [-0.2, 0) is 6.54 Å². The molecule has 0 saturated heterocycles. The normalized spacial score (nSPS) is 13.7. The van der Waals surface area contributed by atoms with Crippen LogP contribution in [0.3, 0.4) is 0 Å². The molecule has 0 spiro atoms. The highest BCUT2D eigenvalue weighted by Gasteiger charge is 2.19. The molecule has 1 aliphatic rings. The first-order valence-corrected chi connectivity index (χ1v) is 8.88. The van der Waals surface area contributed by atoms with Gasteiger partial charge < -0.3 is 10.6 Å². The van der Waals surface area contributed by atoms with Crippen molar-refractivity contribution < 1.29 is 4.79 Å². The van der Waals surface area contributed by atoms with Crippen LogP contribution in [-0.4, -0.2) is 35.3 Å². The van der Waals surface area contributed by atoms with Gasteiger partial charge in [-0.1, -0.05) is 41.4 Å². The second-order valence-corrected chi connectivity index (χ2v) is 6.70. The van der Waals surface area contributed by atoms with Crippen molar-refractivity contribution >= 4 is 29.9 Å². The first-order valence-electron chi connectivity index (χ1n) is 8.50. The van der Waals surface area contributed by atoms with Gasteiger partial charge in [-0.2, -0.15) is 5.10 Å². The standard InChI is InChI=1S/C19H23ClN4O.ClH/c1-13-18(19(25)22-11-15-7-9-21-10-8-15)14(2)24(23-13)12-16-5-3-4-6-17(16)20;/h3-7,21H,8-12H2,1-2H3,(H,22,25);1H. The number of hydrogen-bond donors (Lipinski definition) is 2. The Hall–Kier alpha value is -1.82. The predicted octanol–water partition coefficient (Wildman–Crippen LogP) is 3.27. The third-order valence-corrected chi connectivity index (χ3v) is 4.89. The fraction of sp³-hybridized carbons (Fsp3) is 0.368. The van der Waals surface area contributed by atoms with E-state index in [9.17, 15) is 4.79 Å². The summed E-state index contributed by atoms with van der Waals surface area (Å²) in [7, 11) is 0. The van der Waals surface area contributed by atoms with Crippen LogP contribution in [0.1, 0.15) is 33.7 Å². The molecule has 140 valence electrons. The number of rotatable bonds is 5. The Morgan fingerprint density at radius 2 is 2.12 bits per heavy atom. The average molecular weight is 395 g/mol. The number of hydrogen-bond acceptors (Lipinski definition) is 3. The summed E-state index contributed by atoms with van der Waals surface area (Å²) in [6, 6.07) is 7.69. The van der Waals surface area contributed by atoms with E-state index in [4.69, 9.17) is 11.6 Å². The molecule has 0 atom stereocenters. The molecule has 2 aromatic rings. The molecule has 1 amide bonds. The van der Waals surface area contributed by atoms with Gasteiger partial charge in [-0.25, -0.2) is 0 Å². The molecule has 1 aromatic carbocycles. The number of nitrogens with zero attached hydrogens (tertiary/aromatic N) is 2. The van der Waals surface area contributed by atoms with Crippen molar-refractivity contribution in [1.82, 2.24) is 20.4 Å². The summed E-state index contributed by atoms with van der Waals surface area (Å²) in [5, 5.41) is 11.5. The molecule has 1 aromatic heterocycles. The van der Waals surface area contributed by atoms with Crippen molar-refractivity contribution in [1.29, 1.82) is 0 Å². The lowest BCUT2D eigenvalue weighted by molar-refractivity contribution is 0.0955. The maximum Gasteiger partial charge on any atom is 0.255 e. The van der Waals surface area contributed by atoms with E-state index in [1.165, 1.54) is 5.57 Å². The zero-order valence-electron chi connectivity index (χ0n) is 15.0. The van der Waals surface area contributed by atoms with Crippen LogP contribution in [0.15, 0.2) is 35.9 Å². The first-order chi connectivity index (χ1) is 12.1. The minimum Gasteiger partial charge on any atom is -0.348 e. The number of aryl methyl sites for hydroxylation is 1. The minimum atomic E-state index is -0.0696. The third-order valence-electron chi connectivity index (χ3n) is 4.52. The van der Waals surface area contributed by atoms with Gasteiger partial charge in [0.25, 0.3) is 5.91 Å². The molecule has 1 aliphatic heterocycles. The fourth-order valence-corrected chi connectivity index (χ4v) is 3.28. The van der Waals surface area contributed by atoms with Crippen LogP contribution in [0.5, 0.6) is 0 Å². The van der Waals surface area contributed by atoms with Crippen molar-refractivity contribution in [2.24, 2.45) is 0 Å². The van der Waals surface area contributed by atoms with Crippen LogP contribution in [0.2, 0.25) is 5.02 Å². The number of carbonyl (C=O) groups excluding carboxylic acids is 1. The Kier molecular flexibility index (Phi) is 7.26. The van der Waals surface area contributed by atoms with Crippen molar-refractivity contribution in [2.45, 2.75) is 26.8 Å². The lowest BCUT2D eigenvalue weighted by Crippen LogP contribution is -2.30. The molecule has 0 saturated carbocycles. The predicted molar refractivity (Wildman–Crippen MR) is 107 cm³/mol. The number of carbonyl (C=O) groups is 1. The molecule has 0 fully saturated rings. The summed E-state index contributed by atoms with van der Waals surface area (Å²) in [4.78, 5) is 12.6. The Morgan fingerprint density at radius 1 is 1.35 bits per heavy atom. The van der Waals surface area contributed by atoms with E-state index in [2.05, 4.69) is 21.8 Å². The van der Waals surface area contributed by atoms with Gasteiger partial charge in [0.05, 0.1) is 17.8 Å². The monoisotopic (exact) mass is 394 g/mol. The summed E-state index contributed by atoms with van der Waals surface area (Å²) in [6.07, 6.45) is 3.12. The molecule has 2 heterocycles. The molecule has 5 nitrogen and oxygen atoms in total. The third kappa shape index (κ3) is 4.67. The quantitative estimate of drug-likeness (QED) is 0.764. The second-order valence-electron chi connectivity index (χ2n) is 6.29. The van der Waals surface area contributed by atoms with Crippen LogP contribution >= 0.6 is 24.0 Å². The molecule has 0 radical (unpaired) electrons. The molecule has 0 bridgehead atoms. The van der Waals surface area contributed by atoms with Crippen LogP contribution in [0, 0.1) is 13.8 Å². The van der Waals surface area contributed by atoms with Gasteiger partial charge in [0, 0.05) is 23.8 Å². The van der Waals surface area contributed by atoms with E-state index >= 15 is 0 Å². The maximum atomic E-state index is 12.6. The van der Waals surface area contributed by atoms with Gasteiger partial charge in [0.1, 0.15) is 0 Å². The molecule has 0 aliphatic carbocycles. The molecule has 7 heteroatoms.